The number of halogens is 1. The van der Waals surface area contributed by atoms with Crippen molar-refractivity contribution in [3.63, 3.8) is 0 Å². The summed E-state index contributed by atoms with van der Waals surface area (Å²) in [5, 5.41) is 14.6. The maximum Gasteiger partial charge on any atom is 0.335 e. The fraction of sp³-hybridized carbons (Fsp3) is 0.188. The Hall–Kier alpha value is -2.04. The van der Waals surface area contributed by atoms with E-state index >= 15 is 0 Å². The van der Waals surface area contributed by atoms with Gasteiger partial charge in [0.2, 0.25) is 0 Å². The maximum atomic E-state index is 11.2. The number of aromatic carboxylic acids is 1. The van der Waals surface area contributed by atoms with E-state index in [0.717, 1.165) is 34.9 Å². The number of nitrogens with one attached hydrogen (secondary N) is 1. The molecule has 0 saturated heterocycles. The minimum absolute atomic E-state index is 0. The smallest absolute Gasteiger partial charge is 0.335 e. The summed E-state index contributed by atoms with van der Waals surface area (Å²) in [4.78, 5) is 11.2. The van der Waals surface area contributed by atoms with E-state index in [9.17, 15) is 4.79 Å². The number of hydrogen-bond donors (Lipinski definition) is 2. The molecule has 0 saturated carbocycles. The summed E-state index contributed by atoms with van der Waals surface area (Å²) in [6, 6.07) is 13.5. The van der Waals surface area contributed by atoms with Crippen LogP contribution in [0, 0.1) is 0 Å². The van der Waals surface area contributed by atoms with Crippen molar-refractivity contribution < 1.29 is 9.90 Å². The average Bonchev–Trinajstić information content (AvgIpc) is 2.78. The normalized spacial score (nSPS) is 10.7. The Morgan fingerprint density at radius 2 is 1.86 bits per heavy atom. The number of likely N-dealkylation sites (N-methyl/N-ethyl adjacent to an activating group) is 1. The van der Waals surface area contributed by atoms with E-state index in [1.165, 1.54) is 0 Å². The Morgan fingerprint density at radius 1 is 1.14 bits per heavy atom. The van der Waals surface area contributed by atoms with Crippen molar-refractivity contribution in [3.05, 3.63) is 48.0 Å². The van der Waals surface area contributed by atoms with Gasteiger partial charge in [-0.2, -0.15) is 0 Å². The number of nitrogens with zero attached hydrogens (tertiary/aromatic N) is 1. The van der Waals surface area contributed by atoms with Crippen LogP contribution in [0.25, 0.3) is 21.8 Å². The number of hydrogen-bond acceptors (Lipinski definition) is 2. The van der Waals surface area contributed by atoms with Crippen molar-refractivity contribution in [1.29, 1.82) is 0 Å². The van der Waals surface area contributed by atoms with Crippen LogP contribution in [0.4, 0.5) is 0 Å². The number of fused-ring (bicyclic) bond motifs is 3. The summed E-state index contributed by atoms with van der Waals surface area (Å²) < 4.78 is 2.17. The Morgan fingerprint density at radius 3 is 2.57 bits per heavy atom. The first-order chi connectivity index (χ1) is 9.72. The molecule has 0 aliphatic carbocycles. The van der Waals surface area contributed by atoms with E-state index in [2.05, 4.69) is 22.0 Å². The van der Waals surface area contributed by atoms with Gasteiger partial charge in [0.25, 0.3) is 0 Å². The molecule has 0 amide bonds. The van der Waals surface area contributed by atoms with Crippen LogP contribution in [0.3, 0.4) is 0 Å². The van der Waals surface area contributed by atoms with Crippen LogP contribution in [-0.4, -0.2) is 29.2 Å². The Bertz CT molecular complexity index is 795. The van der Waals surface area contributed by atoms with E-state index in [1.54, 1.807) is 12.1 Å². The van der Waals surface area contributed by atoms with Crippen LogP contribution < -0.4 is 5.32 Å². The SMILES string of the molecule is CNCCn1c2ccccc2c2ccc(C(=O)O)cc21.Cl. The number of benzene rings is 2. The first-order valence-electron chi connectivity index (χ1n) is 6.61. The van der Waals surface area contributed by atoms with Crippen LogP contribution in [0.15, 0.2) is 42.5 Å². The predicted octanol–water partition coefficient (Wildman–Crippen LogP) is 3.13. The van der Waals surface area contributed by atoms with Gasteiger partial charge in [0.15, 0.2) is 0 Å². The molecule has 110 valence electrons. The molecule has 0 aliphatic heterocycles. The maximum absolute atomic E-state index is 11.2. The standard InChI is InChI=1S/C16H16N2O2.ClH/c1-17-8-9-18-14-5-3-2-4-12(14)13-7-6-11(16(19)20)10-15(13)18;/h2-7,10,17H,8-9H2,1H3,(H,19,20);1H. The molecule has 0 atom stereocenters. The molecule has 0 spiro atoms. The molecule has 0 bridgehead atoms. The minimum Gasteiger partial charge on any atom is -0.478 e. The summed E-state index contributed by atoms with van der Waals surface area (Å²) in [5.41, 5.74) is 2.44. The number of carboxylic acids is 1. The summed E-state index contributed by atoms with van der Waals surface area (Å²) in [6.07, 6.45) is 0. The molecule has 0 aliphatic rings. The zero-order chi connectivity index (χ0) is 14.1. The molecule has 1 aromatic heterocycles. The number of carboxylic acid groups (broad SMARTS) is 1. The van der Waals surface area contributed by atoms with Crippen molar-refractivity contribution in [3.8, 4) is 0 Å². The predicted molar refractivity (Wildman–Crippen MR) is 87.6 cm³/mol. The van der Waals surface area contributed by atoms with Crippen molar-refractivity contribution in [2.75, 3.05) is 13.6 Å². The molecule has 5 heteroatoms. The number of rotatable bonds is 4. The highest BCUT2D eigenvalue weighted by Crippen LogP contribution is 2.29. The second kappa shape index (κ2) is 6.16. The van der Waals surface area contributed by atoms with E-state index in [1.807, 2.05) is 25.2 Å². The number of para-hydroxylation sites is 1. The van der Waals surface area contributed by atoms with Crippen molar-refractivity contribution >= 4 is 40.2 Å². The molecule has 0 unspecified atom stereocenters. The molecule has 0 radical (unpaired) electrons. The van der Waals surface area contributed by atoms with E-state index in [0.29, 0.717) is 5.56 Å². The summed E-state index contributed by atoms with van der Waals surface area (Å²) in [7, 11) is 1.91. The van der Waals surface area contributed by atoms with Gasteiger partial charge in [0.05, 0.1) is 5.56 Å². The van der Waals surface area contributed by atoms with E-state index < -0.39 is 5.97 Å². The van der Waals surface area contributed by atoms with Gasteiger partial charge < -0.3 is 15.0 Å². The molecule has 3 rings (SSSR count). The average molecular weight is 305 g/mol. The molecule has 1 heterocycles. The van der Waals surface area contributed by atoms with Gasteiger partial charge in [-0.1, -0.05) is 24.3 Å². The third-order valence-electron chi connectivity index (χ3n) is 3.61. The minimum atomic E-state index is -0.891. The van der Waals surface area contributed by atoms with Crippen LogP contribution >= 0.6 is 12.4 Å². The van der Waals surface area contributed by atoms with Gasteiger partial charge in [-0.05, 0) is 25.2 Å². The monoisotopic (exact) mass is 304 g/mol. The first kappa shape index (κ1) is 15.4. The Kier molecular flexibility index (Phi) is 4.50. The van der Waals surface area contributed by atoms with Crippen LogP contribution in [0.5, 0.6) is 0 Å². The molecule has 0 fully saturated rings. The molecule has 4 nitrogen and oxygen atoms in total. The van der Waals surface area contributed by atoms with Crippen molar-refractivity contribution in [2.24, 2.45) is 0 Å². The highest BCUT2D eigenvalue weighted by Gasteiger charge is 2.12. The molecule has 21 heavy (non-hydrogen) atoms. The Labute approximate surface area is 128 Å². The van der Waals surface area contributed by atoms with Gasteiger partial charge in [0, 0.05) is 34.9 Å². The van der Waals surface area contributed by atoms with E-state index in [-0.39, 0.29) is 12.4 Å². The number of aromatic nitrogens is 1. The van der Waals surface area contributed by atoms with Crippen molar-refractivity contribution in [1.82, 2.24) is 9.88 Å². The van der Waals surface area contributed by atoms with Gasteiger partial charge in [-0.25, -0.2) is 4.79 Å². The highest BCUT2D eigenvalue weighted by molar-refractivity contribution is 6.09. The first-order valence-corrected chi connectivity index (χ1v) is 6.61. The van der Waals surface area contributed by atoms with Gasteiger partial charge in [-0.15, -0.1) is 12.4 Å². The second-order valence-corrected chi connectivity index (χ2v) is 4.81. The van der Waals surface area contributed by atoms with Crippen LogP contribution in [0.2, 0.25) is 0 Å². The fourth-order valence-electron chi connectivity index (χ4n) is 2.65. The summed E-state index contributed by atoms with van der Waals surface area (Å²) in [5.74, 6) is -0.891. The molecular weight excluding hydrogens is 288 g/mol. The lowest BCUT2D eigenvalue weighted by atomic mass is 10.1. The number of carbonyl (C=O) groups is 1. The van der Waals surface area contributed by atoms with Crippen LogP contribution in [-0.2, 0) is 6.54 Å². The zero-order valence-corrected chi connectivity index (χ0v) is 12.5. The topological polar surface area (TPSA) is 54.3 Å². The molecule has 2 N–H and O–H groups in total. The lowest BCUT2D eigenvalue weighted by molar-refractivity contribution is 0.0697. The van der Waals surface area contributed by atoms with Gasteiger partial charge in [0.1, 0.15) is 0 Å². The van der Waals surface area contributed by atoms with Crippen LogP contribution in [0.1, 0.15) is 10.4 Å². The molecular formula is C16H17ClN2O2. The fourth-order valence-corrected chi connectivity index (χ4v) is 2.65. The molecule has 3 aromatic rings. The molecule has 2 aromatic carbocycles. The third kappa shape index (κ3) is 2.60. The van der Waals surface area contributed by atoms with E-state index in [4.69, 9.17) is 5.11 Å². The lowest BCUT2D eigenvalue weighted by Gasteiger charge is -2.07. The quantitative estimate of drug-likeness (QED) is 0.778. The zero-order valence-electron chi connectivity index (χ0n) is 11.7. The third-order valence-corrected chi connectivity index (χ3v) is 3.61. The highest BCUT2D eigenvalue weighted by atomic mass is 35.5. The summed E-state index contributed by atoms with van der Waals surface area (Å²) >= 11 is 0. The summed E-state index contributed by atoms with van der Waals surface area (Å²) in [6.45, 7) is 1.65. The Balaban J connectivity index is 0.00000161. The second-order valence-electron chi connectivity index (χ2n) is 4.81. The van der Waals surface area contributed by atoms with Gasteiger partial charge in [-0.3, -0.25) is 0 Å². The largest absolute Gasteiger partial charge is 0.478 e. The van der Waals surface area contributed by atoms with Gasteiger partial charge >= 0.3 is 5.97 Å². The lowest BCUT2D eigenvalue weighted by Crippen LogP contribution is -2.14. The van der Waals surface area contributed by atoms with Crippen molar-refractivity contribution in [2.45, 2.75) is 6.54 Å².